The lowest BCUT2D eigenvalue weighted by molar-refractivity contribution is 0.218. The van der Waals surface area contributed by atoms with E-state index in [-0.39, 0.29) is 17.9 Å². The summed E-state index contributed by atoms with van der Waals surface area (Å²) < 4.78 is 0.570. The molecule has 14 heavy (non-hydrogen) atoms. The number of likely N-dealkylation sites (N-methyl/N-ethyl adjacent to an activating group) is 1. The zero-order valence-corrected chi connectivity index (χ0v) is 8.84. The Morgan fingerprint density at radius 2 is 2.43 bits per heavy atom. The number of thiazole rings is 1. The molecule has 1 atom stereocenters. The molecule has 0 bridgehead atoms. The van der Waals surface area contributed by atoms with Gasteiger partial charge in [0.05, 0.1) is 6.20 Å². The number of halogens is 1. The van der Waals surface area contributed by atoms with Gasteiger partial charge in [-0.15, -0.1) is 11.3 Å². The maximum atomic E-state index is 11.2. The van der Waals surface area contributed by atoms with Gasteiger partial charge >= 0.3 is 6.03 Å². The van der Waals surface area contributed by atoms with Crippen molar-refractivity contribution in [2.45, 2.75) is 6.04 Å². The van der Waals surface area contributed by atoms with E-state index in [4.69, 9.17) is 17.3 Å². The third-order valence-corrected chi connectivity index (χ3v) is 3.09. The van der Waals surface area contributed by atoms with E-state index in [2.05, 4.69) is 9.98 Å². The van der Waals surface area contributed by atoms with E-state index in [1.807, 2.05) is 0 Å². The van der Waals surface area contributed by atoms with Crippen LogP contribution in [0.25, 0.3) is 0 Å². The second-order valence-electron chi connectivity index (χ2n) is 2.84. The summed E-state index contributed by atoms with van der Waals surface area (Å²) in [6.45, 7) is 0. The van der Waals surface area contributed by atoms with Gasteiger partial charge in [-0.3, -0.25) is 0 Å². The lowest BCUT2D eigenvalue weighted by Gasteiger charge is -2.16. The largest absolute Gasteiger partial charge is 0.385 e. The summed E-state index contributed by atoms with van der Waals surface area (Å²) in [6, 6.07) is -0.709. The second kappa shape index (κ2) is 3.21. The molecule has 1 aliphatic rings. The molecule has 2 amide bonds. The third kappa shape index (κ3) is 1.36. The summed E-state index contributed by atoms with van der Waals surface area (Å²) in [6.07, 6.45) is 1.53. The zero-order valence-electron chi connectivity index (χ0n) is 7.27. The molecule has 0 radical (unpaired) electrons. The Kier molecular flexibility index (Phi) is 2.16. The fraction of sp³-hybridized carbons (Fsp3) is 0.286. The van der Waals surface area contributed by atoms with Crippen LogP contribution in [0.1, 0.15) is 11.0 Å². The predicted octanol–water partition coefficient (Wildman–Crippen LogP) is 1.26. The highest BCUT2D eigenvalue weighted by Crippen LogP contribution is 2.30. The average Bonchev–Trinajstić information content (AvgIpc) is 2.60. The molecule has 1 aromatic heterocycles. The number of rotatable bonds is 1. The van der Waals surface area contributed by atoms with Crippen molar-refractivity contribution in [2.75, 3.05) is 7.05 Å². The number of carbonyl (C=O) groups is 1. The molecule has 2 N–H and O–H groups in total. The Labute approximate surface area is 89.2 Å². The number of nitrogens with two attached hydrogens (primary N) is 1. The Morgan fingerprint density at radius 3 is 2.86 bits per heavy atom. The monoisotopic (exact) mass is 230 g/mol. The molecule has 2 rings (SSSR count). The van der Waals surface area contributed by atoms with E-state index in [0.717, 1.165) is 0 Å². The highest BCUT2D eigenvalue weighted by atomic mass is 35.5. The van der Waals surface area contributed by atoms with Gasteiger partial charge in [0.25, 0.3) is 0 Å². The standard InChI is InChI=1S/C7H7ClN4OS/c1-12-4(5(9)11-7(12)13)6-10-2-3(8)14-6/h2,4H,1H3,(H2,9,11,13). The van der Waals surface area contributed by atoms with Crippen LogP contribution in [-0.4, -0.2) is 28.8 Å². The lowest BCUT2D eigenvalue weighted by atomic mass is 10.3. The summed E-state index contributed by atoms with van der Waals surface area (Å²) in [4.78, 5) is 20.3. The minimum absolute atomic E-state index is 0.267. The van der Waals surface area contributed by atoms with Gasteiger partial charge in [0.1, 0.15) is 21.2 Å². The van der Waals surface area contributed by atoms with Gasteiger partial charge in [-0.25, -0.2) is 9.78 Å². The summed E-state index contributed by atoms with van der Waals surface area (Å²) in [5.74, 6) is 0.267. The normalized spacial score (nSPS) is 21.6. The molecule has 0 saturated carbocycles. The third-order valence-electron chi connectivity index (χ3n) is 1.92. The SMILES string of the molecule is CN1C(=O)N=C(N)C1c1ncc(Cl)s1. The molecule has 74 valence electrons. The van der Waals surface area contributed by atoms with Gasteiger partial charge < -0.3 is 10.6 Å². The van der Waals surface area contributed by atoms with Crippen LogP contribution < -0.4 is 5.73 Å². The van der Waals surface area contributed by atoms with Crippen LogP contribution in [0.15, 0.2) is 11.2 Å². The van der Waals surface area contributed by atoms with Gasteiger partial charge in [-0.2, -0.15) is 4.99 Å². The predicted molar refractivity (Wildman–Crippen MR) is 54.6 cm³/mol. The van der Waals surface area contributed by atoms with Crippen molar-refractivity contribution < 1.29 is 4.79 Å². The van der Waals surface area contributed by atoms with Gasteiger partial charge in [-0.1, -0.05) is 11.6 Å². The topological polar surface area (TPSA) is 71.6 Å². The van der Waals surface area contributed by atoms with Crippen LogP contribution in [0, 0.1) is 0 Å². The highest BCUT2D eigenvalue weighted by Gasteiger charge is 2.33. The molecule has 0 spiro atoms. The van der Waals surface area contributed by atoms with E-state index in [0.29, 0.717) is 9.34 Å². The number of aromatic nitrogens is 1. The van der Waals surface area contributed by atoms with E-state index >= 15 is 0 Å². The Hall–Kier alpha value is -1.14. The van der Waals surface area contributed by atoms with Crippen molar-refractivity contribution in [3.8, 4) is 0 Å². The van der Waals surface area contributed by atoms with E-state index in [1.165, 1.54) is 22.4 Å². The fourth-order valence-electron chi connectivity index (χ4n) is 1.24. The first-order valence-corrected chi connectivity index (χ1v) is 5.01. The zero-order chi connectivity index (χ0) is 10.3. The first-order valence-electron chi connectivity index (χ1n) is 3.81. The van der Waals surface area contributed by atoms with Crippen molar-refractivity contribution in [3.05, 3.63) is 15.5 Å². The first-order chi connectivity index (χ1) is 6.59. The number of carbonyl (C=O) groups excluding carboxylic acids is 1. The molecular weight excluding hydrogens is 224 g/mol. The molecule has 1 aromatic rings. The van der Waals surface area contributed by atoms with Gasteiger partial charge in [-0.05, 0) is 0 Å². The molecule has 2 heterocycles. The smallest absolute Gasteiger partial charge is 0.346 e. The summed E-state index contributed by atoms with van der Waals surface area (Å²) in [5.41, 5.74) is 5.61. The fourth-order valence-corrected chi connectivity index (χ4v) is 2.33. The maximum Gasteiger partial charge on any atom is 0.346 e. The molecule has 0 saturated heterocycles. The van der Waals surface area contributed by atoms with Crippen LogP contribution in [0.5, 0.6) is 0 Å². The summed E-state index contributed by atoms with van der Waals surface area (Å²) in [7, 11) is 1.63. The van der Waals surface area contributed by atoms with Gasteiger partial charge in [0, 0.05) is 7.05 Å². The average molecular weight is 231 g/mol. The van der Waals surface area contributed by atoms with E-state index < -0.39 is 0 Å². The summed E-state index contributed by atoms with van der Waals surface area (Å²) in [5, 5.41) is 0.685. The number of amidine groups is 1. The molecule has 5 nitrogen and oxygen atoms in total. The molecule has 1 aliphatic heterocycles. The number of hydrogen-bond donors (Lipinski definition) is 1. The number of hydrogen-bond acceptors (Lipinski definition) is 4. The van der Waals surface area contributed by atoms with Gasteiger partial charge in [0.15, 0.2) is 0 Å². The molecule has 1 unspecified atom stereocenters. The minimum Gasteiger partial charge on any atom is -0.385 e. The first kappa shape index (κ1) is 9.42. The molecule has 0 aliphatic carbocycles. The van der Waals surface area contributed by atoms with E-state index in [1.54, 1.807) is 7.05 Å². The maximum absolute atomic E-state index is 11.2. The molecule has 0 fully saturated rings. The van der Waals surface area contributed by atoms with Crippen LogP contribution in [-0.2, 0) is 0 Å². The van der Waals surface area contributed by atoms with Crippen molar-refractivity contribution in [1.29, 1.82) is 0 Å². The number of nitrogens with zero attached hydrogens (tertiary/aromatic N) is 3. The Balaban J connectivity index is 2.36. The van der Waals surface area contributed by atoms with Crippen molar-refractivity contribution in [2.24, 2.45) is 10.7 Å². The Bertz CT molecular complexity index is 416. The Morgan fingerprint density at radius 1 is 1.71 bits per heavy atom. The molecule has 0 aromatic carbocycles. The lowest BCUT2D eigenvalue weighted by Crippen LogP contribution is -2.29. The highest BCUT2D eigenvalue weighted by molar-refractivity contribution is 7.16. The number of urea groups is 1. The quantitative estimate of drug-likeness (QED) is 0.790. The van der Waals surface area contributed by atoms with Crippen molar-refractivity contribution >= 4 is 34.8 Å². The van der Waals surface area contributed by atoms with E-state index in [9.17, 15) is 4.79 Å². The molecular formula is C7H7ClN4OS. The van der Waals surface area contributed by atoms with Crippen molar-refractivity contribution in [1.82, 2.24) is 9.88 Å². The minimum atomic E-state index is -0.361. The number of amides is 2. The van der Waals surface area contributed by atoms with Crippen LogP contribution >= 0.6 is 22.9 Å². The van der Waals surface area contributed by atoms with Crippen LogP contribution in [0.2, 0.25) is 4.34 Å². The van der Waals surface area contributed by atoms with Crippen LogP contribution in [0.3, 0.4) is 0 Å². The summed E-state index contributed by atoms with van der Waals surface area (Å²) >= 11 is 7.04. The second-order valence-corrected chi connectivity index (χ2v) is 4.53. The number of aliphatic imine (C=N–C) groups is 1. The van der Waals surface area contributed by atoms with Gasteiger partial charge in [0.2, 0.25) is 0 Å². The molecule has 7 heteroatoms. The van der Waals surface area contributed by atoms with Crippen molar-refractivity contribution in [3.63, 3.8) is 0 Å². The van der Waals surface area contributed by atoms with Crippen LogP contribution in [0.4, 0.5) is 4.79 Å².